The predicted molar refractivity (Wildman–Crippen MR) is 72.2 cm³/mol. The average molecular weight is 275 g/mol. The number of rotatable bonds is 3. The molecule has 2 rings (SSSR count). The first kappa shape index (κ1) is 14.3. The van der Waals surface area contributed by atoms with Gasteiger partial charge in [-0.3, -0.25) is 0 Å². The van der Waals surface area contributed by atoms with Crippen molar-refractivity contribution in [2.24, 2.45) is 11.7 Å². The van der Waals surface area contributed by atoms with Gasteiger partial charge in [0.25, 0.3) is 0 Å². The zero-order valence-corrected chi connectivity index (χ0v) is 12.4. The third-order valence-corrected chi connectivity index (χ3v) is 7.25. The lowest BCUT2D eigenvalue weighted by atomic mass is 9.69. The quantitative estimate of drug-likeness (QED) is 0.847. The predicted octanol–water partition coefficient (Wildman–Crippen LogP) is 1.49. The molecule has 0 aromatic rings. The van der Waals surface area contributed by atoms with E-state index in [4.69, 9.17) is 10.5 Å². The monoisotopic (exact) mass is 275 g/mol. The van der Waals surface area contributed by atoms with Gasteiger partial charge in [-0.25, -0.2) is 8.42 Å². The lowest BCUT2D eigenvalue weighted by molar-refractivity contribution is -0.146. The summed E-state index contributed by atoms with van der Waals surface area (Å²) >= 11 is 0. The van der Waals surface area contributed by atoms with Crippen molar-refractivity contribution in [3.63, 3.8) is 0 Å². The Labute approximate surface area is 110 Å². The van der Waals surface area contributed by atoms with E-state index in [9.17, 15) is 8.42 Å². The molecule has 1 saturated heterocycles. The lowest BCUT2D eigenvalue weighted by Gasteiger charge is -2.50. The highest BCUT2D eigenvalue weighted by molar-refractivity contribution is 7.92. The zero-order chi connectivity index (χ0) is 13.6. The van der Waals surface area contributed by atoms with Crippen LogP contribution in [0.3, 0.4) is 0 Å². The fraction of sp³-hybridized carbons (Fsp3) is 1.00. The largest absolute Gasteiger partial charge is 0.375 e. The number of nitrogens with two attached hydrogens (primary N) is 1. The molecule has 0 aromatic carbocycles. The van der Waals surface area contributed by atoms with Crippen LogP contribution in [0.25, 0.3) is 0 Å². The fourth-order valence-electron chi connectivity index (χ4n) is 3.11. The van der Waals surface area contributed by atoms with Gasteiger partial charge in [0.05, 0.1) is 10.3 Å². The Kier molecular flexibility index (Phi) is 3.54. The van der Waals surface area contributed by atoms with Crippen molar-refractivity contribution in [3.8, 4) is 0 Å². The van der Waals surface area contributed by atoms with Crippen molar-refractivity contribution in [2.45, 2.75) is 62.3 Å². The minimum atomic E-state index is -3.14. The molecule has 2 unspecified atom stereocenters. The molecule has 0 radical (unpaired) electrons. The molecule has 5 heteroatoms. The topological polar surface area (TPSA) is 69.4 Å². The van der Waals surface area contributed by atoms with Crippen LogP contribution in [-0.2, 0) is 14.6 Å². The lowest BCUT2D eigenvalue weighted by Crippen LogP contribution is -2.57. The van der Waals surface area contributed by atoms with Crippen LogP contribution in [-0.4, -0.2) is 37.7 Å². The summed E-state index contributed by atoms with van der Waals surface area (Å²) in [4.78, 5) is 0. The highest BCUT2D eigenvalue weighted by Crippen LogP contribution is 2.46. The Morgan fingerprint density at radius 1 is 1.39 bits per heavy atom. The van der Waals surface area contributed by atoms with E-state index < -0.39 is 14.6 Å². The van der Waals surface area contributed by atoms with Gasteiger partial charge in [-0.1, -0.05) is 0 Å². The third kappa shape index (κ3) is 2.32. The summed E-state index contributed by atoms with van der Waals surface area (Å²) < 4.78 is 28.8. The minimum Gasteiger partial charge on any atom is -0.375 e. The molecule has 1 heterocycles. The zero-order valence-electron chi connectivity index (χ0n) is 11.6. The van der Waals surface area contributed by atoms with Crippen LogP contribution in [0, 0.1) is 5.92 Å². The smallest absolute Gasteiger partial charge is 0.154 e. The molecule has 0 bridgehead atoms. The molecule has 2 atom stereocenters. The van der Waals surface area contributed by atoms with E-state index in [0.29, 0.717) is 0 Å². The molecule has 1 spiro atoms. The van der Waals surface area contributed by atoms with E-state index in [0.717, 1.165) is 32.3 Å². The van der Waals surface area contributed by atoms with Crippen molar-refractivity contribution in [3.05, 3.63) is 0 Å². The molecule has 4 nitrogen and oxygen atoms in total. The molecule has 0 amide bonds. The molecular weight excluding hydrogens is 250 g/mol. The molecule has 2 aliphatic rings. The highest BCUT2D eigenvalue weighted by atomic mass is 32.2. The Morgan fingerprint density at radius 3 is 2.44 bits per heavy atom. The number of hydrogen-bond acceptors (Lipinski definition) is 4. The second-order valence-corrected chi connectivity index (χ2v) is 9.14. The van der Waals surface area contributed by atoms with Crippen molar-refractivity contribution >= 4 is 9.84 Å². The molecule has 1 aliphatic heterocycles. The summed E-state index contributed by atoms with van der Waals surface area (Å²) in [6.07, 6.45) is 6.52. The van der Waals surface area contributed by atoms with Crippen molar-refractivity contribution in [1.29, 1.82) is 0 Å². The van der Waals surface area contributed by atoms with E-state index in [1.165, 1.54) is 12.7 Å². The Hall–Kier alpha value is -0.130. The minimum absolute atomic E-state index is 0.0219. The second kappa shape index (κ2) is 4.46. The SMILES string of the molecule is CC(C)(C(N)C1CCOC2(CCC2)C1)S(C)(=O)=O. The summed E-state index contributed by atoms with van der Waals surface area (Å²) in [5, 5.41) is 0. The van der Waals surface area contributed by atoms with E-state index in [-0.39, 0.29) is 17.6 Å². The maximum absolute atomic E-state index is 11.9. The van der Waals surface area contributed by atoms with Gasteiger partial charge in [-0.15, -0.1) is 0 Å². The first-order valence-corrected chi connectivity index (χ1v) is 8.66. The van der Waals surface area contributed by atoms with Gasteiger partial charge in [0.15, 0.2) is 9.84 Å². The summed E-state index contributed by atoms with van der Waals surface area (Å²) in [6, 6.07) is -0.311. The molecule has 106 valence electrons. The van der Waals surface area contributed by atoms with E-state index in [1.54, 1.807) is 13.8 Å². The van der Waals surface area contributed by atoms with Crippen molar-refractivity contribution in [1.82, 2.24) is 0 Å². The standard InChI is InChI=1S/C13H25NO3S/c1-12(2,18(3,15)16)11(14)10-5-8-17-13(9-10)6-4-7-13/h10-11H,4-9,14H2,1-3H3. The molecule has 18 heavy (non-hydrogen) atoms. The summed E-state index contributed by atoms with van der Waals surface area (Å²) in [5.41, 5.74) is 6.30. The van der Waals surface area contributed by atoms with Gasteiger partial charge < -0.3 is 10.5 Å². The van der Waals surface area contributed by atoms with E-state index >= 15 is 0 Å². The second-order valence-electron chi connectivity index (χ2n) is 6.54. The van der Waals surface area contributed by atoms with Crippen LogP contribution in [0.2, 0.25) is 0 Å². The van der Waals surface area contributed by atoms with Gasteiger partial charge in [0, 0.05) is 18.9 Å². The Morgan fingerprint density at radius 2 is 2.00 bits per heavy atom. The molecule has 2 N–H and O–H groups in total. The maximum atomic E-state index is 11.9. The van der Waals surface area contributed by atoms with Crippen LogP contribution >= 0.6 is 0 Å². The number of hydrogen-bond donors (Lipinski definition) is 1. The Balaban J connectivity index is 2.11. The van der Waals surface area contributed by atoms with Gasteiger partial charge >= 0.3 is 0 Å². The molecule has 2 fully saturated rings. The van der Waals surface area contributed by atoms with Crippen LogP contribution < -0.4 is 5.73 Å². The first-order valence-electron chi connectivity index (χ1n) is 6.77. The van der Waals surface area contributed by atoms with E-state index in [2.05, 4.69) is 0 Å². The van der Waals surface area contributed by atoms with Gasteiger partial charge in [-0.2, -0.15) is 0 Å². The summed E-state index contributed by atoms with van der Waals surface area (Å²) in [6.45, 7) is 4.21. The summed E-state index contributed by atoms with van der Waals surface area (Å²) in [7, 11) is -3.14. The summed E-state index contributed by atoms with van der Waals surface area (Å²) in [5.74, 6) is 0.253. The average Bonchev–Trinajstić information content (AvgIpc) is 2.24. The van der Waals surface area contributed by atoms with Crippen molar-refractivity contribution < 1.29 is 13.2 Å². The Bertz CT molecular complexity index is 412. The van der Waals surface area contributed by atoms with Gasteiger partial charge in [-0.05, 0) is 51.9 Å². The van der Waals surface area contributed by atoms with Gasteiger partial charge in [0.2, 0.25) is 0 Å². The number of sulfone groups is 1. The van der Waals surface area contributed by atoms with Crippen LogP contribution in [0.1, 0.15) is 46.0 Å². The fourth-order valence-corrected chi connectivity index (χ4v) is 3.79. The van der Waals surface area contributed by atoms with Gasteiger partial charge in [0.1, 0.15) is 0 Å². The molecule has 1 saturated carbocycles. The van der Waals surface area contributed by atoms with Crippen LogP contribution in [0.5, 0.6) is 0 Å². The molecule has 1 aliphatic carbocycles. The highest BCUT2D eigenvalue weighted by Gasteiger charge is 2.48. The third-order valence-electron chi connectivity index (χ3n) is 5.06. The normalized spacial score (nSPS) is 29.9. The first-order chi connectivity index (χ1) is 8.18. The van der Waals surface area contributed by atoms with Crippen LogP contribution in [0.4, 0.5) is 0 Å². The number of ether oxygens (including phenoxy) is 1. The molecular formula is C13H25NO3S. The molecule has 0 aromatic heterocycles. The van der Waals surface area contributed by atoms with Crippen molar-refractivity contribution in [2.75, 3.05) is 12.9 Å². The van der Waals surface area contributed by atoms with E-state index in [1.807, 2.05) is 0 Å². The maximum Gasteiger partial charge on any atom is 0.154 e. The van der Waals surface area contributed by atoms with Crippen LogP contribution in [0.15, 0.2) is 0 Å².